The molecular formula is C15H21ClN2OS. The quantitative estimate of drug-likeness (QED) is 0.907. The SMILES string of the molecule is Cl.O=C(CC1CSCCN1)N1CCc2ccccc2C1. The Hall–Kier alpha value is -0.710. The number of thioether (sulfide) groups is 1. The van der Waals surface area contributed by atoms with E-state index in [1.807, 2.05) is 16.7 Å². The molecule has 0 spiro atoms. The lowest BCUT2D eigenvalue weighted by Gasteiger charge is -2.31. The van der Waals surface area contributed by atoms with Gasteiger partial charge in [-0.3, -0.25) is 4.79 Å². The van der Waals surface area contributed by atoms with Gasteiger partial charge in [-0.1, -0.05) is 24.3 Å². The summed E-state index contributed by atoms with van der Waals surface area (Å²) in [6, 6.07) is 8.83. The molecule has 0 aromatic heterocycles. The molecule has 0 radical (unpaired) electrons. The topological polar surface area (TPSA) is 32.3 Å². The Morgan fingerprint density at radius 3 is 2.90 bits per heavy atom. The number of amides is 1. The molecule has 1 fully saturated rings. The number of fused-ring (bicyclic) bond motifs is 1. The van der Waals surface area contributed by atoms with Gasteiger partial charge in [0.2, 0.25) is 5.91 Å². The normalized spacial score (nSPS) is 21.8. The number of nitrogens with one attached hydrogen (secondary N) is 1. The summed E-state index contributed by atoms with van der Waals surface area (Å²) in [6.45, 7) is 2.69. The number of hydrogen-bond acceptors (Lipinski definition) is 3. The largest absolute Gasteiger partial charge is 0.338 e. The van der Waals surface area contributed by atoms with Crippen LogP contribution >= 0.6 is 24.2 Å². The van der Waals surface area contributed by atoms with Crippen molar-refractivity contribution in [3.63, 3.8) is 0 Å². The van der Waals surface area contributed by atoms with Crippen LogP contribution in [-0.4, -0.2) is 41.4 Å². The van der Waals surface area contributed by atoms with Crippen LogP contribution in [0.15, 0.2) is 24.3 Å². The molecule has 0 bridgehead atoms. The molecule has 0 aliphatic carbocycles. The average Bonchev–Trinajstić information content (AvgIpc) is 2.48. The second-order valence-corrected chi connectivity index (χ2v) is 6.41. The standard InChI is InChI=1S/C15H20N2OS.ClH/c18-15(9-14-11-19-8-6-16-14)17-7-5-12-3-1-2-4-13(12)10-17;/h1-4,14,16H,5-11H2;1H. The smallest absolute Gasteiger partial charge is 0.224 e. The van der Waals surface area contributed by atoms with E-state index in [4.69, 9.17) is 0 Å². The number of nitrogens with zero attached hydrogens (tertiary/aromatic N) is 1. The molecule has 1 amide bonds. The van der Waals surface area contributed by atoms with Crippen molar-refractivity contribution in [1.29, 1.82) is 0 Å². The second kappa shape index (κ2) is 7.34. The Balaban J connectivity index is 0.00000147. The van der Waals surface area contributed by atoms with Crippen molar-refractivity contribution in [1.82, 2.24) is 10.2 Å². The minimum absolute atomic E-state index is 0. The third-order valence-corrected chi connectivity index (χ3v) is 5.03. The Bertz CT molecular complexity index is 463. The Kier molecular flexibility index (Phi) is 5.75. The van der Waals surface area contributed by atoms with E-state index in [0.717, 1.165) is 31.8 Å². The third kappa shape index (κ3) is 3.68. The van der Waals surface area contributed by atoms with Gasteiger partial charge in [-0.15, -0.1) is 12.4 Å². The fraction of sp³-hybridized carbons (Fsp3) is 0.533. The first kappa shape index (κ1) is 15.7. The molecule has 0 saturated carbocycles. The third-order valence-electron chi connectivity index (χ3n) is 3.90. The van der Waals surface area contributed by atoms with Crippen LogP contribution < -0.4 is 5.32 Å². The zero-order valence-electron chi connectivity index (χ0n) is 11.5. The van der Waals surface area contributed by atoms with Crippen molar-refractivity contribution >= 4 is 30.1 Å². The summed E-state index contributed by atoms with van der Waals surface area (Å²) < 4.78 is 0. The fourth-order valence-corrected chi connectivity index (χ4v) is 3.75. The molecule has 1 unspecified atom stereocenters. The molecule has 110 valence electrons. The van der Waals surface area contributed by atoms with Gasteiger partial charge in [0, 0.05) is 43.6 Å². The van der Waals surface area contributed by atoms with Crippen molar-refractivity contribution in [3.8, 4) is 0 Å². The summed E-state index contributed by atoms with van der Waals surface area (Å²) in [4.78, 5) is 14.4. The van der Waals surface area contributed by atoms with Crippen molar-refractivity contribution in [2.45, 2.75) is 25.4 Å². The molecule has 3 nitrogen and oxygen atoms in total. The summed E-state index contributed by atoms with van der Waals surface area (Å²) in [6.07, 6.45) is 1.64. The number of hydrogen-bond donors (Lipinski definition) is 1. The number of halogens is 1. The lowest BCUT2D eigenvalue weighted by atomic mass is 9.99. The molecule has 1 atom stereocenters. The number of carbonyl (C=O) groups excluding carboxylic acids is 1. The zero-order valence-corrected chi connectivity index (χ0v) is 13.1. The average molecular weight is 313 g/mol. The minimum atomic E-state index is 0. The first-order valence-corrected chi connectivity index (χ1v) is 8.14. The molecule has 1 N–H and O–H groups in total. The highest BCUT2D eigenvalue weighted by molar-refractivity contribution is 7.99. The van der Waals surface area contributed by atoms with Gasteiger partial charge in [0.1, 0.15) is 0 Å². The van der Waals surface area contributed by atoms with Crippen molar-refractivity contribution < 1.29 is 4.79 Å². The molecule has 20 heavy (non-hydrogen) atoms. The lowest BCUT2D eigenvalue weighted by molar-refractivity contribution is -0.132. The molecule has 1 aromatic carbocycles. The van der Waals surface area contributed by atoms with Gasteiger partial charge >= 0.3 is 0 Å². The predicted octanol–water partition coefficient (Wildman–Crippen LogP) is 2.09. The van der Waals surface area contributed by atoms with E-state index in [2.05, 4.69) is 29.6 Å². The van der Waals surface area contributed by atoms with Crippen molar-refractivity contribution in [3.05, 3.63) is 35.4 Å². The minimum Gasteiger partial charge on any atom is -0.338 e. The Morgan fingerprint density at radius 1 is 1.35 bits per heavy atom. The maximum absolute atomic E-state index is 12.4. The van der Waals surface area contributed by atoms with E-state index in [1.54, 1.807) is 0 Å². The molecule has 2 aliphatic rings. The predicted molar refractivity (Wildman–Crippen MR) is 86.5 cm³/mol. The van der Waals surface area contributed by atoms with Crippen molar-refractivity contribution in [2.24, 2.45) is 0 Å². The van der Waals surface area contributed by atoms with Crippen LogP contribution in [0.4, 0.5) is 0 Å². The summed E-state index contributed by atoms with van der Waals surface area (Å²) in [5.74, 6) is 2.53. The Labute approximate surface area is 130 Å². The molecule has 5 heteroatoms. The van der Waals surface area contributed by atoms with Gasteiger partial charge < -0.3 is 10.2 Å². The molecule has 1 aromatic rings. The van der Waals surface area contributed by atoms with Crippen molar-refractivity contribution in [2.75, 3.05) is 24.6 Å². The highest BCUT2D eigenvalue weighted by Crippen LogP contribution is 2.20. The fourth-order valence-electron chi connectivity index (χ4n) is 2.80. The van der Waals surface area contributed by atoms with Gasteiger partial charge in [0.25, 0.3) is 0 Å². The van der Waals surface area contributed by atoms with Gasteiger partial charge in [-0.05, 0) is 17.5 Å². The summed E-state index contributed by atoms with van der Waals surface area (Å²) in [5.41, 5.74) is 2.71. The van der Waals surface area contributed by atoms with Crippen LogP contribution in [0.5, 0.6) is 0 Å². The maximum atomic E-state index is 12.4. The van der Waals surface area contributed by atoms with Crippen LogP contribution in [0, 0.1) is 0 Å². The summed E-state index contributed by atoms with van der Waals surface area (Å²) in [5, 5.41) is 3.44. The van der Waals surface area contributed by atoms with E-state index in [-0.39, 0.29) is 12.4 Å². The lowest BCUT2D eigenvalue weighted by Crippen LogP contribution is -2.43. The van der Waals surface area contributed by atoms with E-state index in [9.17, 15) is 4.79 Å². The molecule has 1 saturated heterocycles. The highest BCUT2D eigenvalue weighted by Gasteiger charge is 2.23. The number of benzene rings is 1. The van der Waals surface area contributed by atoms with Crippen LogP contribution in [0.1, 0.15) is 17.5 Å². The summed E-state index contributed by atoms with van der Waals surface area (Å²) >= 11 is 1.95. The monoisotopic (exact) mass is 312 g/mol. The van der Waals surface area contributed by atoms with E-state index < -0.39 is 0 Å². The maximum Gasteiger partial charge on any atom is 0.224 e. The van der Waals surface area contributed by atoms with Crippen LogP contribution in [0.3, 0.4) is 0 Å². The van der Waals surface area contributed by atoms with E-state index in [0.29, 0.717) is 18.4 Å². The first-order chi connectivity index (χ1) is 9.33. The molecule has 3 rings (SSSR count). The van der Waals surface area contributed by atoms with Gasteiger partial charge in [-0.2, -0.15) is 11.8 Å². The Morgan fingerprint density at radius 2 is 2.15 bits per heavy atom. The highest BCUT2D eigenvalue weighted by atomic mass is 35.5. The summed E-state index contributed by atoms with van der Waals surface area (Å²) in [7, 11) is 0. The molecule has 2 aliphatic heterocycles. The van der Waals surface area contributed by atoms with Gasteiger partial charge in [0.05, 0.1) is 0 Å². The van der Waals surface area contributed by atoms with E-state index >= 15 is 0 Å². The van der Waals surface area contributed by atoms with Gasteiger partial charge in [0.15, 0.2) is 0 Å². The number of carbonyl (C=O) groups is 1. The van der Waals surface area contributed by atoms with Crippen LogP contribution in [-0.2, 0) is 17.8 Å². The van der Waals surface area contributed by atoms with Crippen LogP contribution in [0.2, 0.25) is 0 Å². The van der Waals surface area contributed by atoms with Crippen LogP contribution in [0.25, 0.3) is 0 Å². The number of rotatable bonds is 2. The molecule has 2 heterocycles. The van der Waals surface area contributed by atoms with E-state index in [1.165, 1.54) is 16.9 Å². The van der Waals surface area contributed by atoms with Gasteiger partial charge in [-0.25, -0.2) is 0 Å². The zero-order chi connectivity index (χ0) is 13.1. The first-order valence-electron chi connectivity index (χ1n) is 6.98. The molecular weight excluding hydrogens is 292 g/mol. The second-order valence-electron chi connectivity index (χ2n) is 5.26.